The second-order valence-electron chi connectivity index (χ2n) is 5.51. The highest BCUT2D eigenvalue weighted by atomic mass is 32.1. The molecule has 2 aromatic heterocycles. The summed E-state index contributed by atoms with van der Waals surface area (Å²) >= 11 is 1.54. The first kappa shape index (κ1) is 18.2. The summed E-state index contributed by atoms with van der Waals surface area (Å²) in [7, 11) is 1.59. The standard InChI is InChI=1S/C17H24N4O2S/c1-4-18-16(20-11-13-7-8-15(23-3)19-10-13)21-12-17(2,22)14-6-5-9-24-14/h5-10,22H,4,11-12H2,1-3H3,(H2,18,20,21). The Kier molecular flexibility index (Phi) is 6.57. The first-order chi connectivity index (χ1) is 11.5. The zero-order chi connectivity index (χ0) is 17.4. The molecule has 0 saturated carbocycles. The summed E-state index contributed by atoms with van der Waals surface area (Å²) in [6, 6.07) is 7.61. The van der Waals surface area contributed by atoms with E-state index in [2.05, 4.69) is 20.6 Å². The Bertz CT molecular complexity index is 639. The number of nitrogens with one attached hydrogen (secondary N) is 2. The van der Waals surface area contributed by atoms with Gasteiger partial charge < -0.3 is 20.5 Å². The molecule has 0 bridgehead atoms. The van der Waals surface area contributed by atoms with Crippen LogP contribution in [0.3, 0.4) is 0 Å². The second-order valence-corrected chi connectivity index (χ2v) is 6.46. The molecule has 3 N–H and O–H groups in total. The summed E-state index contributed by atoms with van der Waals surface area (Å²) in [5, 5.41) is 18.9. The number of hydrogen-bond acceptors (Lipinski definition) is 5. The van der Waals surface area contributed by atoms with Gasteiger partial charge in [0.15, 0.2) is 5.96 Å². The summed E-state index contributed by atoms with van der Waals surface area (Å²) in [6.07, 6.45) is 1.74. The lowest BCUT2D eigenvalue weighted by molar-refractivity contribution is 0.0655. The lowest BCUT2D eigenvalue weighted by Gasteiger charge is -2.23. The fourth-order valence-corrected chi connectivity index (χ4v) is 2.85. The summed E-state index contributed by atoms with van der Waals surface area (Å²) in [5.74, 6) is 1.24. The normalized spacial score (nSPS) is 14.1. The number of pyridine rings is 1. The fourth-order valence-electron chi connectivity index (χ4n) is 2.07. The average Bonchev–Trinajstić information content (AvgIpc) is 3.13. The van der Waals surface area contributed by atoms with Gasteiger partial charge in [-0.15, -0.1) is 11.3 Å². The minimum Gasteiger partial charge on any atom is -0.481 e. The predicted molar refractivity (Wildman–Crippen MR) is 97.5 cm³/mol. The van der Waals surface area contributed by atoms with E-state index >= 15 is 0 Å². The molecule has 0 saturated heterocycles. The van der Waals surface area contributed by atoms with Crippen LogP contribution in [0.15, 0.2) is 40.8 Å². The molecule has 24 heavy (non-hydrogen) atoms. The van der Waals surface area contributed by atoms with Gasteiger partial charge in [0.05, 0.1) is 20.2 Å². The van der Waals surface area contributed by atoms with Crippen molar-refractivity contribution in [3.8, 4) is 5.88 Å². The number of aliphatic imine (C=N–C) groups is 1. The van der Waals surface area contributed by atoms with E-state index in [-0.39, 0.29) is 0 Å². The molecule has 1 unspecified atom stereocenters. The SMILES string of the molecule is CCNC(=NCc1ccc(OC)nc1)NCC(C)(O)c1cccs1. The third-order valence-electron chi connectivity index (χ3n) is 3.42. The Hall–Kier alpha value is -2.12. The van der Waals surface area contributed by atoms with Crippen molar-refractivity contribution < 1.29 is 9.84 Å². The molecule has 7 heteroatoms. The van der Waals surface area contributed by atoms with E-state index in [1.165, 1.54) is 11.3 Å². The van der Waals surface area contributed by atoms with Gasteiger partial charge in [-0.05, 0) is 30.9 Å². The van der Waals surface area contributed by atoms with Crippen molar-refractivity contribution in [2.75, 3.05) is 20.2 Å². The van der Waals surface area contributed by atoms with Crippen LogP contribution in [-0.2, 0) is 12.1 Å². The van der Waals surface area contributed by atoms with Crippen LogP contribution in [0.25, 0.3) is 0 Å². The highest BCUT2D eigenvalue weighted by Crippen LogP contribution is 2.24. The van der Waals surface area contributed by atoms with E-state index < -0.39 is 5.60 Å². The number of rotatable bonds is 7. The van der Waals surface area contributed by atoms with Gasteiger partial charge in [-0.25, -0.2) is 9.98 Å². The Labute approximate surface area is 146 Å². The zero-order valence-corrected chi connectivity index (χ0v) is 15.1. The summed E-state index contributed by atoms with van der Waals surface area (Å²) in [4.78, 5) is 9.62. The smallest absolute Gasteiger partial charge is 0.212 e. The van der Waals surface area contributed by atoms with Crippen molar-refractivity contribution in [2.45, 2.75) is 26.0 Å². The Balaban J connectivity index is 1.97. The quantitative estimate of drug-likeness (QED) is 0.528. The molecule has 0 radical (unpaired) electrons. The first-order valence-corrected chi connectivity index (χ1v) is 8.70. The maximum absolute atomic E-state index is 10.6. The highest BCUT2D eigenvalue weighted by Gasteiger charge is 2.24. The van der Waals surface area contributed by atoms with E-state index in [0.717, 1.165) is 17.0 Å². The topological polar surface area (TPSA) is 78.8 Å². The van der Waals surface area contributed by atoms with E-state index in [4.69, 9.17) is 4.74 Å². The summed E-state index contributed by atoms with van der Waals surface area (Å²) < 4.78 is 5.05. The molecule has 2 heterocycles. The van der Waals surface area contributed by atoms with E-state index in [0.29, 0.717) is 24.9 Å². The molecule has 0 aliphatic carbocycles. The van der Waals surface area contributed by atoms with Crippen molar-refractivity contribution in [1.82, 2.24) is 15.6 Å². The second kappa shape index (κ2) is 8.65. The first-order valence-electron chi connectivity index (χ1n) is 7.82. The molecule has 1 atom stereocenters. The zero-order valence-electron chi connectivity index (χ0n) is 14.2. The molecular formula is C17H24N4O2S. The van der Waals surface area contributed by atoms with Crippen LogP contribution in [-0.4, -0.2) is 36.2 Å². The maximum Gasteiger partial charge on any atom is 0.212 e. The summed E-state index contributed by atoms with van der Waals surface area (Å²) in [5.41, 5.74) is 0.0458. The van der Waals surface area contributed by atoms with E-state index in [1.54, 1.807) is 20.2 Å². The predicted octanol–water partition coefficient (Wildman–Crippen LogP) is 2.11. The van der Waals surface area contributed by atoms with Gasteiger partial charge >= 0.3 is 0 Å². The molecular weight excluding hydrogens is 324 g/mol. The minimum absolute atomic E-state index is 0.375. The van der Waals surface area contributed by atoms with Gasteiger partial charge in [0, 0.05) is 23.7 Å². The Morgan fingerprint density at radius 2 is 2.21 bits per heavy atom. The molecule has 2 aromatic rings. The van der Waals surface area contributed by atoms with Crippen molar-refractivity contribution in [1.29, 1.82) is 0 Å². The van der Waals surface area contributed by atoms with Crippen molar-refractivity contribution in [3.05, 3.63) is 46.3 Å². The van der Waals surface area contributed by atoms with Crippen LogP contribution in [0.5, 0.6) is 5.88 Å². The number of ether oxygens (including phenoxy) is 1. The number of guanidine groups is 1. The molecule has 0 amide bonds. The van der Waals surface area contributed by atoms with Gasteiger partial charge in [-0.3, -0.25) is 0 Å². The number of aliphatic hydroxyl groups is 1. The number of aromatic nitrogens is 1. The van der Waals surface area contributed by atoms with Crippen molar-refractivity contribution in [2.24, 2.45) is 4.99 Å². The third-order valence-corrected chi connectivity index (χ3v) is 4.55. The highest BCUT2D eigenvalue weighted by molar-refractivity contribution is 7.10. The van der Waals surface area contributed by atoms with Crippen molar-refractivity contribution >= 4 is 17.3 Å². The van der Waals surface area contributed by atoms with Crippen LogP contribution in [0, 0.1) is 0 Å². The molecule has 0 aliphatic heterocycles. The van der Waals surface area contributed by atoms with Crippen LogP contribution in [0.4, 0.5) is 0 Å². The molecule has 0 aromatic carbocycles. The number of hydrogen-bond donors (Lipinski definition) is 3. The third kappa shape index (κ3) is 5.21. The number of nitrogens with zero attached hydrogens (tertiary/aromatic N) is 2. The van der Waals surface area contributed by atoms with E-state index in [1.807, 2.05) is 36.6 Å². The van der Waals surface area contributed by atoms with Gasteiger partial charge in [0.2, 0.25) is 5.88 Å². The molecule has 0 aliphatic rings. The molecule has 0 fully saturated rings. The lowest BCUT2D eigenvalue weighted by atomic mass is 10.1. The molecule has 2 rings (SSSR count). The van der Waals surface area contributed by atoms with Gasteiger partial charge in [-0.2, -0.15) is 0 Å². The van der Waals surface area contributed by atoms with Crippen LogP contribution >= 0.6 is 11.3 Å². The largest absolute Gasteiger partial charge is 0.481 e. The number of thiophene rings is 1. The Morgan fingerprint density at radius 1 is 1.38 bits per heavy atom. The monoisotopic (exact) mass is 348 g/mol. The fraction of sp³-hybridized carbons (Fsp3) is 0.412. The Morgan fingerprint density at radius 3 is 2.79 bits per heavy atom. The molecule has 0 spiro atoms. The molecule has 6 nitrogen and oxygen atoms in total. The van der Waals surface area contributed by atoms with Crippen LogP contribution in [0.1, 0.15) is 24.3 Å². The minimum atomic E-state index is -0.938. The number of methoxy groups -OCH3 is 1. The van der Waals surface area contributed by atoms with Crippen LogP contribution in [0.2, 0.25) is 0 Å². The van der Waals surface area contributed by atoms with Crippen molar-refractivity contribution in [3.63, 3.8) is 0 Å². The average molecular weight is 348 g/mol. The van der Waals surface area contributed by atoms with Gasteiger partial charge in [0.1, 0.15) is 5.60 Å². The van der Waals surface area contributed by atoms with E-state index in [9.17, 15) is 5.11 Å². The van der Waals surface area contributed by atoms with Crippen LogP contribution < -0.4 is 15.4 Å². The summed E-state index contributed by atoms with van der Waals surface area (Å²) in [6.45, 7) is 5.41. The molecule has 130 valence electrons. The van der Waals surface area contributed by atoms with Gasteiger partial charge in [0.25, 0.3) is 0 Å². The maximum atomic E-state index is 10.6. The van der Waals surface area contributed by atoms with Gasteiger partial charge in [-0.1, -0.05) is 12.1 Å². The lowest BCUT2D eigenvalue weighted by Crippen LogP contribution is -2.44.